The Morgan fingerprint density at radius 3 is 2.36 bits per heavy atom. The maximum Gasteiger partial charge on any atom is 0.410 e. The van der Waals surface area contributed by atoms with E-state index in [1.807, 2.05) is 68.0 Å². The van der Waals surface area contributed by atoms with E-state index in [4.69, 9.17) is 4.74 Å². The lowest BCUT2D eigenvalue weighted by Gasteiger charge is -2.40. The number of urea groups is 1. The largest absolute Gasteiger partial charge is 0.444 e. The van der Waals surface area contributed by atoms with Crippen LogP contribution >= 0.6 is 0 Å². The van der Waals surface area contributed by atoms with E-state index < -0.39 is 5.60 Å². The first kappa shape index (κ1) is 28.4. The lowest BCUT2D eigenvalue weighted by molar-refractivity contribution is 0.000556. The van der Waals surface area contributed by atoms with Gasteiger partial charge in [-0.1, -0.05) is 24.3 Å². The van der Waals surface area contributed by atoms with E-state index in [1.165, 1.54) is 11.1 Å². The number of piperazine rings is 1. The van der Waals surface area contributed by atoms with Crippen molar-refractivity contribution in [3.05, 3.63) is 65.2 Å². The second kappa shape index (κ2) is 12.1. The van der Waals surface area contributed by atoms with E-state index in [0.29, 0.717) is 31.1 Å². The number of anilines is 1. The van der Waals surface area contributed by atoms with Crippen molar-refractivity contribution in [2.45, 2.75) is 64.6 Å². The van der Waals surface area contributed by atoms with Gasteiger partial charge in [0.05, 0.1) is 11.6 Å². The van der Waals surface area contributed by atoms with Gasteiger partial charge in [-0.05, 0) is 81.8 Å². The van der Waals surface area contributed by atoms with Crippen LogP contribution in [0.5, 0.6) is 0 Å². The van der Waals surface area contributed by atoms with Crippen LogP contribution in [0.2, 0.25) is 0 Å². The Bertz CT molecular complexity index is 1190. The second-order valence-corrected chi connectivity index (χ2v) is 11.8. The third kappa shape index (κ3) is 7.30. The van der Waals surface area contributed by atoms with Crippen molar-refractivity contribution < 1.29 is 14.3 Å². The minimum absolute atomic E-state index is 0.0130. The number of nitriles is 1. The number of hydrogen-bond acceptors (Lipinski definition) is 5. The van der Waals surface area contributed by atoms with Crippen LogP contribution in [0.3, 0.4) is 0 Å². The number of ether oxygens (including phenoxy) is 1. The van der Waals surface area contributed by atoms with Gasteiger partial charge in [0.1, 0.15) is 5.60 Å². The van der Waals surface area contributed by atoms with Crippen LogP contribution in [0.1, 0.15) is 63.1 Å². The molecule has 0 spiro atoms. The third-order valence-electron chi connectivity index (χ3n) is 7.61. The van der Waals surface area contributed by atoms with Crippen LogP contribution in [-0.4, -0.2) is 78.2 Å². The number of nitrogens with zero attached hydrogens (tertiary/aromatic N) is 5. The molecule has 0 aliphatic carbocycles. The van der Waals surface area contributed by atoms with Crippen molar-refractivity contribution in [2.75, 3.05) is 44.7 Å². The molecule has 2 heterocycles. The Morgan fingerprint density at radius 1 is 1.05 bits per heavy atom. The van der Waals surface area contributed by atoms with E-state index >= 15 is 0 Å². The van der Waals surface area contributed by atoms with E-state index in [9.17, 15) is 14.9 Å². The fourth-order valence-corrected chi connectivity index (χ4v) is 5.44. The number of likely N-dealkylation sites (tertiary alicyclic amines) is 1. The zero-order valence-corrected chi connectivity index (χ0v) is 23.9. The summed E-state index contributed by atoms with van der Waals surface area (Å²) in [4.78, 5) is 33.5. The first-order valence-electron chi connectivity index (χ1n) is 13.9. The van der Waals surface area contributed by atoms with Crippen LogP contribution in [0.15, 0.2) is 48.5 Å². The van der Waals surface area contributed by atoms with Crippen molar-refractivity contribution in [1.82, 2.24) is 14.7 Å². The summed E-state index contributed by atoms with van der Waals surface area (Å²) in [6.45, 7) is 12.2. The molecule has 208 valence electrons. The van der Waals surface area contributed by atoms with Gasteiger partial charge in [-0.2, -0.15) is 5.26 Å². The quantitative estimate of drug-likeness (QED) is 0.525. The summed E-state index contributed by atoms with van der Waals surface area (Å²) < 4.78 is 5.56. The zero-order chi connectivity index (χ0) is 28.2. The number of amides is 3. The van der Waals surface area contributed by atoms with Gasteiger partial charge in [-0.3, -0.25) is 9.80 Å². The Morgan fingerprint density at radius 2 is 1.74 bits per heavy atom. The van der Waals surface area contributed by atoms with Crippen LogP contribution in [-0.2, 0) is 11.3 Å². The summed E-state index contributed by atoms with van der Waals surface area (Å²) in [5.74, 6) is 0.376. The van der Waals surface area contributed by atoms with Crippen LogP contribution in [0.25, 0.3) is 0 Å². The molecule has 0 N–H and O–H groups in total. The number of carbonyl (C=O) groups excluding carboxylic acids is 2. The van der Waals surface area contributed by atoms with Crippen molar-refractivity contribution in [3.8, 4) is 6.07 Å². The van der Waals surface area contributed by atoms with Crippen molar-refractivity contribution in [2.24, 2.45) is 0 Å². The number of benzene rings is 2. The molecule has 2 aromatic carbocycles. The highest BCUT2D eigenvalue weighted by molar-refractivity contribution is 5.91. The van der Waals surface area contributed by atoms with E-state index in [1.54, 1.807) is 4.90 Å². The first-order valence-corrected chi connectivity index (χ1v) is 13.9. The van der Waals surface area contributed by atoms with Gasteiger partial charge < -0.3 is 14.5 Å². The molecule has 0 saturated carbocycles. The SMILES string of the molecule is C[C@H]1CN(Cc2ccc(N(C)C(=O)N3CCC(c4cccc(C#N)c4)CC3)cc2)CCN1C(=O)OC(C)(C)C. The molecule has 2 fully saturated rings. The van der Waals surface area contributed by atoms with Gasteiger partial charge >= 0.3 is 12.1 Å². The predicted molar refractivity (Wildman–Crippen MR) is 153 cm³/mol. The minimum Gasteiger partial charge on any atom is -0.444 e. The summed E-state index contributed by atoms with van der Waals surface area (Å²) in [5.41, 5.74) is 3.43. The molecule has 2 saturated heterocycles. The van der Waals surface area contributed by atoms with E-state index in [0.717, 1.165) is 38.2 Å². The molecular weight excluding hydrogens is 490 g/mol. The smallest absolute Gasteiger partial charge is 0.410 e. The topological polar surface area (TPSA) is 80.1 Å². The molecule has 8 heteroatoms. The van der Waals surface area contributed by atoms with Crippen molar-refractivity contribution in [3.63, 3.8) is 0 Å². The average molecular weight is 532 g/mol. The Labute approximate surface area is 232 Å². The van der Waals surface area contributed by atoms with E-state index in [2.05, 4.69) is 36.1 Å². The molecule has 0 aromatic heterocycles. The first-order chi connectivity index (χ1) is 18.5. The monoisotopic (exact) mass is 531 g/mol. The molecule has 2 aliphatic heterocycles. The number of hydrogen-bond donors (Lipinski definition) is 0. The molecule has 0 bridgehead atoms. The van der Waals surface area contributed by atoms with E-state index in [-0.39, 0.29) is 18.2 Å². The summed E-state index contributed by atoms with van der Waals surface area (Å²) in [7, 11) is 1.83. The lowest BCUT2D eigenvalue weighted by atomic mass is 9.89. The molecule has 1 atom stereocenters. The Balaban J connectivity index is 1.27. The fourth-order valence-electron chi connectivity index (χ4n) is 5.44. The van der Waals surface area contributed by atoms with Gasteiger partial charge in [-0.15, -0.1) is 0 Å². The van der Waals surface area contributed by atoms with Crippen molar-refractivity contribution in [1.29, 1.82) is 5.26 Å². The Kier molecular flexibility index (Phi) is 8.81. The van der Waals surface area contributed by atoms with Gasteiger partial charge in [0, 0.05) is 58.0 Å². The second-order valence-electron chi connectivity index (χ2n) is 11.8. The standard InChI is InChI=1S/C31H41N5O3/c1-23-21-34(17-18-36(23)30(38)39-31(2,3)4)22-24-9-11-28(12-10-24)33(5)29(37)35-15-13-26(14-16-35)27-8-6-7-25(19-27)20-32/h6-12,19,23,26H,13-18,21-22H2,1-5H3/t23-/m0/s1. The van der Waals surface area contributed by atoms with Gasteiger partial charge in [0.25, 0.3) is 0 Å². The van der Waals surface area contributed by atoms with Gasteiger partial charge in [-0.25, -0.2) is 9.59 Å². The molecule has 0 radical (unpaired) electrons. The molecule has 2 aromatic rings. The highest BCUT2D eigenvalue weighted by Crippen LogP contribution is 2.29. The van der Waals surface area contributed by atoms with Crippen molar-refractivity contribution >= 4 is 17.8 Å². The normalized spacial score (nSPS) is 18.9. The molecule has 8 nitrogen and oxygen atoms in total. The number of carbonyl (C=O) groups is 2. The molecule has 0 unspecified atom stereocenters. The highest BCUT2D eigenvalue weighted by atomic mass is 16.6. The molecule has 39 heavy (non-hydrogen) atoms. The van der Waals surface area contributed by atoms with Gasteiger partial charge in [0.15, 0.2) is 0 Å². The highest BCUT2D eigenvalue weighted by Gasteiger charge is 2.31. The third-order valence-corrected chi connectivity index (χ3v) is 7.61. The van der Waals surface area contributed by atoms with Crippen LogP contribution in [0.4, 0.5) is 15.3 Å². The summed E-state index contributed by atoms with van der Waals surface area (Å²) in [6, 6.07) is 18.3. The van der Waals surface area contributed by atoms with Crippen LogP contribution < -0.4 is 4.90 Å². The van der Waals surface area contributed by atoms with Crippen LogP contribution in [0, 0.1) is 11.3 Å². The number of rotatable bonds is 4. The molecule has 4 rings (SSSR count). The lowest BCUT2D eigenvalue weighted by Crippen LogP contribution is -2.54. The maximum absolute atomic E-state index is 13.2. The number of piperidine rings is 1. The Hall–Kier alpha value is -3.57. The zero-order valence-electron chi connectivity index (χ0n) is 23.9. The summed E-state index contributed by atoms with van der Waals surface area (Å²) in [5, 5.41) is 9.18. The maximum atomic E-state index is 13.2. The fraction of sp³-hybridized carbons (Fsp3) is 0.516. The summed E-state index contributed by atoms with van der Waals surface area (Å²) in [6.07, 6.45) is 1.55. The molecular formula is C31H41N5O3. The molecule has 2 aliphatic rings. The molecule has 3 amide bonds. The average Bonchev–Trinajstić information content (AvgIpc) is 2.92. The van der Waals surface area contributed by atoms with Gasteiger partial charge in [0.2, 0.25) is 0 Å². The predicted octanol–water partition coefficient (Wildman–Crippen LogP) is 5.44. The minimum atomic E-state index is -0.494. The summed E-state index contributed by atoms with van der Waals surface area (Å²) >= 11 is 0.